The number of hydrogen-bond acceptors (Lipinski definition) is 1. The van der Waals surface area contributed by atoms with Gasteiger partial charge in [-0.15, -0.1) is 0 Å². The Morgan fingerprint density at radius 1 is 0.371 bits per heavy atom. The zero-order valence-electron chi connectivity index (χ0n) is 34.4. The van der Waals surface area contributed by atoms with Crippen LogP contribution in [-0.2, 0) is 6.54 Å². The maximum absolute atomic E-state index is 5.09. The van der Waals surface area contributed by atoms with E-state index in [-0.39, 0.29) is 0 Å². The fourth-order valence-corrected chi connectivity index (χ4v) is 8.90. The molecule has 2 aromatic heterocycles. The van der Waals surface area contributed by atoms with Crippen molar-refractivity contribution in [2.75, 3.05) is 0 Å². The lowest BCUT2D eigenvalue weighted by Crippen LogP contribution is -2.05. The molecule has 4 heteroatoms. The number of aromatic nitrogens is 2. The van der Waals surface area contributed by atoms with Gasteiger partial charge in [0.05, 0.1) is 28.6 Å². The number of nitrogens with zero attached hydrogens (tertiary/aromatic N) is 4. The largest absolute Gasteiger partial charge is 0.309 e. The minimum Gasteiger partial charge on any atom is -0.309 e. The van der Waals surface area contributed by atoms with Crippen LogP contribution in [0.15, 0.2) is 234 Å². The third-order valence-corrected chi connectivity index (χ3v) is 12.0. The van der Waals surface area contributed by atoms with E-state index in [0.717, 1.165) is 45.1 Å². The average molecular weight is 795 g/mol. The highest BCUT2D eigenvalue weighted by Gasteiger charge is 2.17. The lowest BCUT2D eigenvalue weighted by Gasteiger charge is -2.11. The number of aliphatic imine (C=N–C) groups is 2. The summed E-state index contributed by atoms with van der Waals surface area (Å²) in [5.74, 6) is 0.717. The maximum atomic E-state index is 5.09. The molecule has 0 unspecified atom stereocenters. The Bertz CT molecular complexity index is 3450. The number of fused-ring (bicyclic) bond motifs is 6. The molecule has 0 atom stereocenters. The Morgan fingerprint density at radius 2 is 0.806 bits per heavy atom. The summed E-state index contributed by atoms with van der Waals surface area (Å²) in [5.41, 5.74) is 15.9. The molecule has 11 rings (SSSR count). The molecule has 0 saturated heterocycles. The molecule has 9 aromatic carbocycles. The van der Waals surface area contributed by atoms with Gasteiger partial charge in [0.2, 0.25) is 0 Å². The van der Waals surface area contributed by atoms with E-state index < -0.39 is 0 Å². The minimum absolute atomic E-state index is 0.552. The van der Waals surface area contributed by atoms with Crippen LogP contribution in [0.1, 0.15) is 23.6 Å². The van der Waals surface area contributed by atoms with Crippen LogP contribution in [0.25, 0.3) is 77.2 Å². The molecule has 0 amide bonds. The van der Waals surface area contributed by atoms with Crippen LogP contribution in [-0.4, -0.2) is 20.7 Å². The summed E-state index contributed by atoms with van der Waals surface area (Å²) in [4.78, 5) is 10.1. The second-order valence-electron chi connectivity index (χ2n) is 15.8. The fourth-order valence-electron chi connectivity index (χ4n) is 8.90. The van der Waals surface area contributed by atoms with Gasteiger partial charge in [-0.1, -0.05) is 152 Å². The fraction of sp³-hybridized carbons (Fsp3) is 0.0345. The van der Waals surface area contributed by atoms with E-state index >= 15 is 0 Å². The smallest absolute Gasteiger partial charge is 0.155 e. The first-order chi connectivity index (χ1) is 30.7. The van der Waals surface area contributed by atoms with Gasteiger partial charge in [0.1, 0.15) is 0 Å². The van der Waals surface area contributed by atoms with Crippen LogP contribution < -0.4 is 0 Å². The molecule has 2 heterocycles. The Kier molecular flexibility index (Phi) is 9.44. The SMILES string of the molecule is CC(=NC(=NCc1ccccc1)c1ccc(-n2c3ccccc3c3cc(-c4ccc5c(c4)c4ccccc4n5-c4ccc(-c5ccccc5)cc4)ccc32)cc1)c1ccccc1. The maximum Gasteiger partial charge on any atom is 0.155 e. The minimum atomic E-state index is 0.552. The van der Waals surface area contributed by atoms with Crippen molar-refractivity contribution < 1.29 is 0 Å². The van der Waals surface area contributed by atoms with Crippen LogP contribution >= 0.6 is 0 Å². The predicted molar refractivity (Wildman–Crippen MR) is 261 cm³/mol. The summed E-state index contributed by atoms with van der Waals surface area (Å²) in [6.45, 7) is 2.60. The Morgan fingerprint density at radius 3 is 1.37 bits per heavy atom. The van der Waals surface area contributed by atoms with Gasteiger partial charge in [-0.3, -0.25) is 4.99 Å². The van der Waals surface area contributed by atoms with Gasteiger partial charge in [0, 0.05) is 44.2 Å². The van der Waals surface area contributed by atoms with E-state index in [1.54, 1.807) is 0 Å². The van der Waals surface area contributed by atoms with Gasteiger partial charge in [-0.2, -0.15) is 0 Å². The highest BCUT2D eigenvalue weighted by molar-refractivity contribution is 6.14. The molecule has 0 radical (unpaired) electrons. The van der Waals surface area contributed by atoms with Crippen molar-refractivity contribution >= 4 is 55.2 Å². The van der Waals surface area contributed by atoms with E-state index in [0.29, 0.717) is 6.54 Å². The summed E-state index contributed by atoms with van der Waals surface area (Å²) >= 11 is 0. The number of rotatable bonds is 8. The molecule has 294 valence electrons. The van der Waals surface area contributed by atoms with Gasteiger partial charge < -0.3 is 9.13 Å². The lowest BCUT2D eigenvalue weighted by atomic mass is 10.0. The highest BCUT2D eigenvalue weighted by Crippen LogP contribution is 2.38. The number of hydrogen-bond donors (Lipinski definition) is 0. The summed E-state index contributed by atoms with van der Waals surface area (Å²) < 4.78 is 4.76. The molecule has 0 N–H and O–H groups in total. The molecular weight excluding hydrogens is 753 g/mol. The molecule has 11 aromatic rings. The molecule has 0 aliphatic carbocycles. The quantitative estimate of drug-likeness (QED) is 0.108. The van der Waals surface area contributed by atoms with Gasteiger partial charge >= 0.3 is 0 Å². The van der Waals surface area contributed by atoms with Crippen LogP contribution in [0.2, 0.25) is 0 Å². The molecule has 0 aliphatic heterocycles. The molecule has 62 heavy (non-hydrogen) atoms. The van der Waals surface area contributed by atoms with Crippen molar-refractivity contribution in [3.8, 4) is 33.6 Å². The first-order valence-electron chi connectivity index (χ1n) is 21.2. The molecule has 0 fully saturated rings. The normalized spacial score (nSPS) is 12.2. The van der Waals surface area contributed by atoms with Crippen LogP contribution in [0, 0.1) is 0 Å². The van der Waals surface area contributed by atoms with Crippen LogP contribution in [0.4, 0.5) is 0 Å². The van der Waals surface area contributed by atoms with Crippen LogP contribution in [0.5, 0.6) is 0 Å². The van der Waals surface area contributed by atoms with Gasteiger partial charge in [0.25, 0.3) is 0 Å². The summed E-state index contributed by atoms with van der Waals surface area (Å²) in [7, 11) is 0. The summed E-state index contributed by atoms with van der Waals surface area (Å²) in [6, 6.07) is 80.1. The zero-order chi connectivity index (χ0) is 41.4. The second-order valence-corrected chi connectivity index (χ2v) is 15.8. The zero-order valence-corrected chi connectivity index (χ0v) is 34.4. The third-order valence-electron chi connectivity index (χ3n) is 12.0. The van der Waals surface area contributed by atoms with Crippen molar-refractivity contribution in [2.24, 2.45) is 9.98 Å². The summed E-state index contributed by atoms with van der Waals surface area (Å²) in [5, 5.41) is 4.92. The number of para-hydroxylation sites is 2. The number of benzene rings is 9. The molecule has 0 bridgehead atoms. The predicted octanol–water partition coefficient (Wildman–Crippen LogP) is 14.7. The van der Waals surface area contributed by atoms with Crippen molar-refractivity contribution in [1.29, 1.82) is 0 Å². The first kappa shape index (κ1) is 37.0. The van der Waals surface area contributed by atoms with E-state index in [9.17, 15) is 0 Å². The van der Waals surface area contributed by atoms with E-state index in [1.807, 2.05) is 24.3 Å². The van der Waals surface area contributed by atoms with Crippen molar-refractivity contribution in [1.82, 2.24) is 9.13 Å². The van der Waals surface area contributed by atoms with Crippen LogP contribution in [0.3, 0.4) is 0 Å². The van der Waals surface area contributed by atoms with Crippen molar-refractivity contribution in [3.63, 3.8) is 0 Å². The highest BCUT2D eigenvalue weighted by atomic mass is 15.0. The molecule has 4 nitrogen and oxygen atoms in total. The monoisotopic (exact) mass is 794 g/mol. The standard InChI is InChI=1S/C58H42N4/c1-40(42-17-7-3-8-18-42)60-58(59-39-41-15-5-2-6-16-41)45-27-33-49(34-28-45)62-55-24-14-12-22-51(55)53-38-47(30-36-57(53)62)46-29-35-56-52(37-46)50-21-11-13-23-54(50)61(56)48-31-25-44(26-32-48)43-19-9-4-10-20-43/h2-38H,39H2,1H3. The Hall–Kier alpha value is -8.08. The van der Waals surface area contributed by atoms with E-state index in [1.165, 1.54) is 60.3 Å². The van der Waals surface area contributed by atoms with E-state index in [4.69, 9.17) is 9.98 Å². The van der Waals surface area contributed by atoms with Crippen molar-refractivity contribution in [3.05, 3.63) is 241 Å². The van der Waals surface area contributed by atoms with Gasteiger partial charge in [-0.25, -0.2) is 4.99 Å². The molecule has 0 saturated carbocycles. The third kappa shape index (κ3) is 6.78. The number of amidine groups is 1. The Labute approximate surface area is 361 Å². The lowest BCUT2D eigenvalue weighted by molar-refractivity contribution is 1.06. The second kappa shape index (κ2) is 15.8. The summed E-state index contributed by atoms with van der Waals surface area (Å²) in [6.07, 6.45) is 0. The average Bonchev–Trinajstić information content (AvgIpc) is 3.86. The van der Waals surface area contributed by atoms with Crippen molar-refractivity contribution in [2.45, 2.75) is 13.5 Å². The van der Waals surface area contributed by atoms with Gasteiger partial charge in [0.15, 0.2) is 5.84 Å². The molecule has 0 spiro atoms. The van der Waals surface area contributed by atoms with E-state index in [2.05, 4.69) is 216 Å². The first-order valence-corrected chi connectivity index (χ1v) is 21.2. The Balaban J connectivity index is 0.966. The van der Waals surface area contributed by atoms with Gasteiger partial charge in [-0.05, 0) is 113 Å². The molecule has 0 aliphatic rings. The molecular formula is C58H42N4. The topological polar surface area (TPSA) is 34.6 Å².